The lowest BCUT2D eigenvalue weighted by molar-refractivity contribution is 0.0945. The second-order valence-electron chi connectivity index (χ2n) is 13.2. The summed E-state index contributed by atoms with van der Waals surface area (Å²) in [6.07, 6.45) is 3.00. The molecule has 0 unspecified atom stereocenters. The molecule has 2 aliphatic carbocycles. The minimum Gasteiger partial charge on any atom is -0.351 e. The molecule has 0 fully saturated rings. The maximum atomic E-state index is 13.8. The number of nitrogens with zero attached hydrogens (tertiary/aromatic N) is 4. The highest BCUT2D eigenvalue weighted by Crippen LogP contribution is 2.41. The van der Waals surface area contributed by atoms with E-state index >= 15 is 0 Å². The summed E-state index contributed by atoms with van der Waals surface area (Å²) in [5.41, 5.74) is 2.92. The number of hydrogen-bond acceptors (Lipinski definition) is 10. The van der Waals surface area contributed by atoms with Crippen LogP contribution in [0.2, 0.25) is 20.1 Å². The molecule has 304 valence electrons. The van der Waals surface area contributed by atoms with Gasteiger partial charge < -0.3 is 10.6 Å². The van der Waals surface area contributed by atoms with Crippen molar-refractivity contribution in [3.05, 3.63) is 134 Å². The number of nitrogens with one attached hydrogen (secondary N) is 2. The molecule has 6 aromatic rings. The van der Waals surface area contributed by atoms with Crippen molar-refractivity contribution in [1.82, 2.24) is 30.2 Å². The zero-order valence-electron chi connectivity index (χ0n) is 29.7. The summed E-state index contributed by atoms with van der Waals surface area (Å²) in [7, 11) is -9.41. The van der Waals surface area contributed by atoms with Crippen LogP contribution in [0.25, 0.3) is 33.3 Å². The average molecular weight is 953 g/mol. The molecule has 59 heavy (non-hydrogen) atoms. The van der Waals surface area contributed by atoms with Gasteiger partial charge in [0.2, 0.25) is 0 Å². The van der Waals surface area contributed by atoms with Gasteiger partial charge in [0.1, 0.15) is 9.81 Å². The van der Waals surface area contributed by atoms with Gasteiger partial charge in [0.15, 0.2) is 11.4 Å². The molecule has 0 bridgehead atoms. The van der Waals surface area contributed by atoms with E-state index in [-0.39, 0.29) is 75.0 Å². The Hall–Kier alpha value is -4.34. The van der Waals surface area contributed by atoms with Crippen LogP contribution in [0, 0.1) is 0 Å². The lowest BCUT2D eigenvalue weighted by atomic mass is 10.0. The van der Waals surface area contributed by atoms with E-state index in [1.54, 1.807) is 47.2 Å². The van der Waals surface area contributed by atoms with E-state index in [9.17, 15) is 35.5 Å². The summed E-state index contributed by atoms with van der Waals surface area (Å²) in [4.78, 5) is 27.6. The van der Waals surface area contributed by atoms with Crippen molar-refractivity contribution in [3.63, 3.8) is 0 Å². The molecule has 0 spiro atoms. The minimum absolute atomic E-state index is 0.0146. The Kier molecular flexibility index (Phi) is 11.2. The number of rotatable bonds is 10. The maximum absolute atomic E-state index is 13.8. The van der Waals surface area contributed by atoms with Gasteiger partial charge in [-0.3, -0.25) is 18.7 Å². The molecule has 0 saturated heterocycles. The fourth-order valence-corrected chi connectivity index (χ4v) is 11.6. The fourth-order valence-electron chi connectivity index (χ4n) is 6.80. The lowest BCUT2D eigenvalue weighted by Gasteiger charge is -2.09. The highest BCUT2D eigenvalue weighted by atomic mass is 35.5. The van der Waals surface area contributed by atoms with Gasteiger partial charge in [0, 0.05) is 47.1 Å². The topological polar surface area (TPSA) is 203 Å². The first-order chi connectivity index (χ1) is 28.0. The zero-order chi connectivity index (χ0) is 42.0. The van der Waals surface area contributed by atoms with E-state index in [4.69, 9.17) is 46.4 Å². The van der Waals surface area contributed by atoms with Crippen molar-refractivity contribution in [2.45, 2.75) is 19.3 Å². The van der Waals surface area contributed by atoms with Gasteiger partial charge in [-0.2, -0.15) is 27.0 Å². The van der Waals surface area contributed by atoms with Crippen LogP contribution in [-0.2, 0) is 33.1 Å². The molecule has 0 atom stereocenters. The van der Waals surface area contributed by atoms with E-state index in [0.29, 0.717) is 53.4 Å². The Bertz CT molecular complexity index is 2840. The fraction of sp³-hybridized carbons (Fsp3) is 0.135. The molecule has 4 heterocycles. The van der Waals surface area contributed by atoms with Gasteiger partial charge in [-0.05, 0) is 89.0 Å². The van der Waals surface area contributed by atoms with Gasteiger partial charge in [0.05, 0.1) is 42.6 Å². The number of benzene rings is 2. The Labute approximate surface area is 364 Å². The van der Waals surface area contributed by atoms with Crippen molar-refractivity contribution < 1.29 is 35.5 Å². The van der Waals surface area contributed by atoms with Gasteiger partial charge in [-0.1, -0.05) is 46.4 Å². The highest BCUT2D eigenvalue weighted by molar-refractivity contribution is 7.96. The molecule has 0 radical (unpaired) electrons. The van der Waals surface area contributed by atoms with Gasteiger partial charge in [-0.25, -0.2) is 9.36 Å². The molecule has 0 saturated carbocycles. The Balaban J connectivity index is 1.05. The van der Waals surface area contributed by atoms with Crippen LogP contribution in [-0.4, -0.2) is 70.4 Å². The number of amides is 2. The number of fused-ring (bicyclic) bond motifs is 4. The first kappa shape index (κ1) is 41.4. The largest absolute Gasteiger partial charge is 0.351 e. The summed E-state index contributed by atoms with van der Waals surface area (Å²) >= 11 is 27.6. The molecular formula is C37H26Cl4N6O8S4. The summed E-state index contributed by atoms with van der Waals surface area (Å²) in [5, 5.41) is 19.2. The predicted octanol–water partition coefficient (Wildman–Crippen LogP) is 7.92. The third-order valence-corrected chi connectivity index (χ3v) is 14.5. The van der Waals surface area contributed by atoms with Crippen molar-refractivity contribution >= 4 is 123 Å². The third kappa shape index (κ3) is 8.02. The zero-order valence-corrected chi connectivity index (χ0v) is 36.0. The third-order valence-electron chi connectivity index (χ3n) is 9.44. The molecule has 2 aliphatic rings. The second kappa shape index (κ2) is 15.9. The smallest absolute Gasteiger partial charge is 0.296 e. The Morgan fingerprint density at radius 3 is 1.44 bits per heavy atom. The van der Waals surface area contributed by atoms with Crippen LogP contribution < -0.4 is 10.6 Å². The molecule has 4 N–H and O–H groups in total. The van der Waals surface area contributed by atoms with Crippen LogP contribution in [0.3, 0.4) is 0 Å². The van der Waals surface area contributed by atoms with Gasteiger partial charge in [-0.15, -0.1) is 22.7 Å². The molecule has 2 aromatic carbocycles. The first-order valence-electron chi connectivity index (χ1n) is 17.2. The van der Waals surface area contributed by atoms with E-state index in [2.05, 4.69) is 20.8 Å². The maximum Gasteiger partial charge on any atom is 0.296 e. The normalized spacial score (nSPS) is 13.6. The first-order valence-corrected chi connectivity index (χ1v) is 23.4. The van der Waals surface area contributed by atoms with Crippen LogP contribution >= 0.6 is 69.1 Å². The number of thiophene rings is 2. The average Bonchev–Trinajstić information content (AvgIpc) is 3.92. The Morgan fingerprint density at radius 2 is 1.07 bits per heavy atom. The molecule has 4 aromatic heterocycles. The van der Waals surface area contributed by atoms with Crippen LogP contribution in [0.1, 0.15) is 70.8 Å². The summed E-state index contributed by atoms with van der Waals surface area (Å²) in [6, 6.07) is 12.6. The van der Waals surface area contributed by atoms with Gasteiger partial charge in [0.25, 0.3) is 32.1 Å². The molecule has 2 amide bonds. The number of carbonyl (C=O) groups is 2. The number of carbonyl (C=O) groups excluding carboxylic acids is 2. The molecule has 0 aliphatic heterocycles. The minimum atomic E-state index is -4.70. The van der Waals surface area contributed by atoms with E-state index in [1.165, 1.54) is 33.6 Å². The highest BCUT2D eigenvalue weighted by Gasteiger charge is 2.33. The number of aromatic nitrogens is 4. The van der Waals surface area contributed by atoms with E-state index in [0.717, 1.165) is 22.7 Å². The van der Waals surface area contributed by atoms with E-state index < -0.39 is 32.1 Å². The number of hydrogen-bond donors (Lipinski definition) is 4. The van der Waals surface area contributed by atoms with Crippen LogP contribution in [0.15, 0.2) is 59.3 Å². The van der Waals surface area contributed by atoms with Crippen molar-refractivity contribution in [2.24, 2.45) is 0 Å². The second-order valence-corrected chi connectivity index (χ2v) is 19.5. The van der Waals surface area contributed by atoms with Crippen molar-refractivity contribution in [1.29, 1.82) is 0 Å². The summed E-state index contributed by atoms with van der Waals surface area (Å²) < 4.78 is 73.4. The molecule has 8 rings (SSSR count). The van der Waals surface area contributed by atoms with E-state index in [1.807, 2.05) is 0 Å². The van der Waals surface area contributed by atoms with Crippen molar-refractivity contribution in [3.8, 4) is 11.4 Å². The lowest BCUT2D eigenvalue weighted by Crippen LogP contribution is -2.31. The summed E-state index contributed by atoms with van der Waals surface area (Å²) in [5.74, 6) is -1.18. The monoisotopic (exact) mass is 950 g/mol. The van der Waals surface area contributed by atoms with Crippen molar-refractivity contribution in [2.75, 3.05) is 13.1 Å². The van der Waals surface area contributed by atoms with Crippen LogP contribution in [0.4, 0.5) is 0 Å². The molecular weight excluding hydrogens is 927 g/mol. The summed E-state index contributed by atoms with van der Waals surface area (Å²) in [6.45, 7) is 0.147. The predicted molar refractivity (Wildman–Crippen MR) is 230 cm³/mol. The van der Waals surface area contributed by atoms with Gasteiger partial charge >= 0.3 is 0 Å². The molecule has 14 nitrogen and oxygen atoms in total. The quantitative estimate of drug-likeness (QED) is 0.0772. The number of halogens is 4. The SMILES string of the molecule is O=C(NCCCNC(=O)c1nn(-c2ccc(Cl)cc2Cl)c2c1Cc1ccsc1C(S(=O)(=O)O)=C2)c1nn(-c2ccc(Cl)cc2Cl)c2c1Cc1ccsc1C(S(=O)(=O)O)=C2. The molecule has 22 heteroatoms. The van der Waals surface area contributed by atoms with Crippen LogP contribution in [0.5, 0.6) is 0 Å². The Morgan fingerprint density at radius 1 is 0.661 bits per heavy atom. The standard InChI is InChI=1S/C37H26Cl4N6O8S4/c38-20-2-4-26(24(40)14-20)46-28-16-30(58(50,51)52)34-18(6-10-56-34)12-22(28)32(44-46)36(48)42-8-1-9-43-37(49)33-23-13-19-7-11-57-35(19)31(59(53,54)55)17-29(23)47(45-33)27-5-3-21(39)15-25(27)41/h2-7,10-11,14-17H,1,8-9,12-13H2,(H,42,48)(H,43,49)(H,50,51,52)(H,53,54,55).